The first-order valence-corrected chi connectivity index (χ1v) is 14.6. The van der Waals surface area contributed by atoms with Crippen molar-refractivity contribution in [2.75, 3.05) is 24.2 Å². The van der Waals surface area contributed by atoms with Crippen molar-refractivity contribution in [3.8, 4) is 0 Å². The summed E-state index contributed by atoms with van der Waals surface area (Å²) >= 11 is 7.12. The fourth-order valence-corrected chi connectivity index (χ4v) is 6.63. The Morgan fingerprint density at radius 1 is 1.11 bits per heavy atom. The molecule has 1 aromatic carbocycles. The smallest absolute Gasteiger partial charge is 0.262 e. The molecule has 2 amide bonds. The molecular weight excluding hydrogens is 510 g/mol. The van der Waals surface area contributed by atoms with Gasteiger partial charge in [-0.3, -0.25) is 14.4 Å². The van der Waals surface area contributed by atoms with Crippen LogP contribution < -0.4 is 15.5 Å². The maximum atomic E-state index is 13.4. The number of carbonyl (C=O) groups is 3. The number of benzene rings is 1. The van der Waals surface area contributed by atoms with Crippen molar-refractivity contribution in [2.24, 2.45) is 0 Å². The number of sulfone groups is 1. The van der Waals surface area contributed by atoms with E-state index < -0.39 is 21.4 Å². The summed E-state index contributed by atoms with van der Waals surface area (Å²) in [5.74, 6) is -0.899. The first-order chi connectivity index (χ1) is 16.6. The highest BCUT2D eigenvalue weighted by molar-refractivity contribution is 7.90. The van der Waals surface area contributed by atoms with Crippen molar-refractivity contribution in [2.45, 2.75) is 55.0 Å². The van der Waals surface area contributed by atoms with Crippen LogP contribution in [0.5, 0.6) is 0 Å². The van der Waals surface area contributed by atoms with Crippen molar-refractivity contribution in [3.05, 3.63) is 45.6 Å². The third kappa shape index (κ3) is 5.70. The maximum Gasteiger partial charge on any atom is 0.262 e. The lowest BCUT2D eigenvalue weighted by Gasteiger charge is -2.39. The molecule has 1 saturated carbocycles. The lowest BCUT2D eigenvalue weighted by atomic mass is 9.80. The van der Waals surface area contributed by atoms with E-state index in [2.05, 4.69) is 10.6 Å². The molecule has 0 spiro atoms. The first-order valence-electron chi connectivity index (χ1n) is 11.5. The molecule has 188 valence electrons. The van der Waals surface area contributed by atoms with Gasteiger partial charge in [-0.2, -0.15) is 0 Å². The van der Waals surface area contributed by atoms with Gasteiger partial charge in [-0.15, -0.1) is 11.3 Å². The Morgan fingerprint density at radius 2 is 1.83 bits per heavy atom. The van der Waals surface area contributed by atoms with Crippen molar-refractivity contribution >= 4 is 56.1 Å². The van der Waals surface area contributed by atoms with E-state index in [0.717, 1.165) is 36.9 Å². The molecule has 11 heteroatoms. The summed E-state index contributed by atoms with van der Waals surface area (Å²) in [4.78, 5) is 41.6. The van der Waals surface area contributed by atoms with Crippen molar-refractivity contribution < 1.29 is 22.8 Å². The Hall–Kier alpha value is -2.43. The average Bonchev–Trinajstić information content (AvgIpc) is 3.27. The minimum atomic E-state index is -3.46. The van der Waals surface area contributed by atoms with E-state index in [4.69, 9.17) is 11.6 Å². The molecule has 2 fully saturated rings. The summed E-state index contributed by atoms with van der Waals surface area (Å²) in [6.45, 7) is 0.404. The van der Waals surface area contributed by atoms with Crippen LogP contribution in [0.2, 0.25) is 4.34 Å². The van der Waals surface area contributed by atoms with Gasteiger partial charge in [-0.05, 0) is 43.5 Å². The lowest BCUT2D eigenvalue weighted by Crippen LogP contribution is -2.63. The molecule has 1 saturated heterocycles. The second kappa shape index (κ2) is 10.3. The molecular formula is C24H28ClN3O5S2. The molecule has 2 aromatic rings. The molecule has 2 aliphatic rings. The number of nitrogens with zero attached hydrogens (tertiary/aromatic N) is 1. The van der Waals surface area contributed by atoms with Crippen molar-refractivity contribution in [3.63, 3.8) is 0 Å². The molecule has 35 heavy (non-hydrogen) atoms. The number of nitrogens with one attached hydrogen (secondary N) is 2. The van der Waals surface area contributed by atoms with Gasteiger partial charge in [-0.1, -0.05) is 43.0 Å². The van der Waals surface area contributed by atoms with Crippen LogP contribution in [0.25, 0.3) is 0 Å². The lowest BCUT2D eigenvalue weighted by molar-refractivity contribution is -0.133. The summed E-state index contributed by atoms with van der Waals surface area (Å²) in [6, 6.07) is 9.17. The van der Waals surface area contributed by atoms with Crippen LogP contribution in [0.1, 0.15) is 48.2 Å². The van der Waals surface area contributed by atoms with Crippen LogP contribution in [-0.2, 0) is 19.4 Å². The zero-order valence-electron chi connectivity index (χ0n) is 19.4. The quantitative estimate of drug-likeness (QED) is 0.585. The van der Waals surface area contributed by atoms with E-state index in [-0.39, 0.29) is 29.0 Å². The molecule has 1 atom stereocenters. The fraction of sp³-hybridized carbons (Fsp3) is 0.458. The summed E-state index contributed by atoms with van der Waals surface area (Å²) in [7, 11) is -3.46. The molecule has 1 aliphatic heterocycles. The Morgan fingerprint density at radius 3 is 2.46 bits per heavy atom. The van der Waals surface area contributed by atoms with Crippen LogP contribution >= 0.6 is 22.9 Å². The van der Waals surface area contributed by atoms with Gasteiger partial charge in [0.2, 0.25) is 5.91 Å². The Balaban J connectivity index is 1.46. The van der Waals surface area contributed by atoms with Crippen LogP contribution in [0.4, 0.5) is 5.69 Å². The number of ketones is 1. The molecule has 0 bridgehead atoms. The number of hydrogen-bond donors (Lipinski definition) is 2. The van der Waals surface area contributed by atoms with E-state index in [9.17, 15) is 22.8 Å². The predicted molar refractivity (Wildman–Crippen MR) is 136 cm³/mol. The molecule has 2 N–H and O–H groups in total. The zero-order chi connectivity index (χ0) is 25.2. The number of amides is 2. The van der Waals surface area contributed by atoms with Crippen LogP contribution in [0.3, 0.4) is 0 Å². The number of thiophene rings is 1. The Labute approximate surface area is 213 Å². The second-order valence-electron chi connectivity index (χ2n) is 9.14. The van der Waals surface area contributed by atoms with Gasteiger partial charge in [0.05, 0.1) is 32.4 Å². The van der Waals surface area contributed by atoms with Gasteiger partial charge >= 0.3 is 0 Å². The average molecular weight is 538 g/mol. The predicted octanol–water partition coefficient (Wildman–Crippen LogP) is 3.20. The largest absolute Gasteiger partial charge is 0.363 e. The summed E-state index contributed by atoms with van der Waals surface area (Å²) in [5.41, 5.74) is -0.592. The molecule has 8 nitrogen and oxygen atoms in total. The van der Waals surface area contributed by atoms with E-state index in [1.54, 1.807) is 35.2 Å². The summed E-state index contributed by atoms with van der Waals surface area (Å²) in [5, 5.41) is 5.82. The van der Waals surface area contributed by atoms with Crippen molar-refractivity contribution in [1.29, 1.82) is 0 Å². The number of rotatable bonds is 6. The highest BCUT2D eigenvalue weighted by Gasteiger charge is 2.43. The zero-order valence-corrected chi connectivity index (χ0v) is 21.8. The number of carbonyl (C=O) groups excluding carboxylic acids is 3. The van der Waals surface area contributed by atoms with Gasteiger partial charge in [0.15, 0.2) is 15.6 Å². The number of para-hydroxylation sites is 1. The van der Waals surface area contributed by atoms with E-state index >= 15 is 0 Å². The summed E-state index contributed by atoms with van der Waals surface area (Å²) < 4.78 is 24.9. The minimum Gasteiger partial charge on any atom is -0.363 e. The maximum absolute atomic E-state index is 13.4. The number of piperidine rings is 1. The van der Waals surface area contributed by atoms with E-state index in [1.807, 2.05) is 0 Å². The standard InChI is InChI=1S/C24H28ClN3O5S2/c1-35(32,33)20-8-4-3-7-17(20)28-14-11-16(18(29)15-28)26-23(31)24(12-5-2-6-13-24)27-22(30)19-9-10-21(25)34-19/h3-4,7-10,16H,2,5-6,11-15H2,1H3,(H,26,31)(H,27,30). The summed E-state index contributed by atoms with van der Waals surface area (Å²) in [6.07, 6.45) is 5.06. The van der Waals surface area contributed by atoms with Gasteiger partial charge in [0.1, 0.15) is 5.54 Å². The number of hydrogen-bond acceptors (Lipinski definition) is 7. The van der Waals surface area contributed by atoms with E-state index in [1.165, 1.54) is 6.07 Å². The van der Waals surface area contributed by atoms with Crippen LogP contribution in [-0.4, -0.2) is 56.9 Å². The molecule has 1 aliphatic carbocycles. The number of halogens is 1. The third-order valence-corrected chi connectivity index (χ3v) is 9.00. The molecule has 0 radical (unpaired) electrons. The van der Waals surface area contributed by atoms with Gasteiger partial charge in [-0.25, -0.2) is 8.42 Å². The molecule has 2 heterocycles. The van der Waals surface area contributed by atoms with Crippen LogP contribution in [0.15, 0.2) is 41.3 Å². The SMILES string of the molecule is CS(=O)(=O)c1ccccc1N1CCC(NC(=O)C2(NC(=O)c3ccc(Cl)s3)CCCCC2)C(=O)C1. The molecule has 1 aromatic heterocycles. The highest BCUT2D eigenvalue weighted by Crippen LogP contribution is 2.31. The van der Waals surface area contributed by atoms with Gasteiger partial charge in [0.25, 0.3) is 5.91 Å². The van der Waals surface area contributed by atoms with E-state index in [0.29, 0.717) is 40.7 Å². The fourth-order valence-electron chi connectivity index (χ4n) is 4.79. The first kappa shape index (κ1) is 25.7. The monoisotopic (exact) mass is 537 g/mol. The normalized spacial score (nSPS) is 20.3. The Bertz CT molecular complexity index is 1240. The third-order valence-electron chi connectivity index (χ3n) is 6.63. The van der Waals surface area contributed by atoms with Gasteiger partial charge < -0.3 is 15.5 Å². The number of Topliss-reactive ketones (excluding diaryl/α,β-unsaturated/α-hetero) is 1. The Kier molecular flexibility index (Phi) is 7.54. The molecule has 1 unspecified atom stereocenters. The molecule has 4 rings (SSSR count). The topological polar surface area (TPSA) is 113 Å². The highest BCUT2D eigenvalue weighted by atomic mass is 35.5. The van der Waals surface area contributed by atoms with Crippen LogP contribution in [0, 0.1) is 0 Å². The van der Waals surface area contributed by atoms with Crippen molar-refractivity contribution in [1.82, 2.24) is 10.6 Å². The minimum absolute atomic E-state index is 0.00939. The second-order valence-corrected chi connectivity index (χ2v) is 12.8. The number of anilines is 1. The van der Waals surface area contributed by atoms with Gasteiger partial charge in [0, 0.05) is 12.8 Å².